The van der Waals surface area contributed by atoms with Crippen molar-refractivity contribution in [2.24, 2.45) is 11.7 Å². The zero-order valence-corrected chi connectivity index (χ0v) is 21.1. The molecule has 2 fully saturated rings. The van der Waals surface area contributed by atoms with Gasteiger partial charge in [0.05, 0.1) is 13.2 Å². The number of nitrogens with zero attached hydrogens (tertiary/aromatic N) is 3. The summed E-state index contributed by atoms with van der Waals surface area (Å²) < 4.78 is 5.13. The van der Waals surface area contributed by atoms with E-state index in [1.807, 2.05) is 31.2 Å². The second-order valence-electron chi connectivity index (χ2n) is 8.85. The van der Waals surface area contributed by atoms with Crippen LogP contribution in [-0.2, 0) is 14.3 Å². The summed E-state index contributed by atoms with van der Waals surface area (Å²) in [7, 11) is 1.68. The number of nitrogen functional groups attached to an aromatic ring is 1. The van der Waals surface area contributed by atoms with Crippen LogP contribution in [0.5, 0.6) is 0 Å². The fourth-order valence-electron chi connectivity index (χ4n) is 5.00. The van der Waals surface area contributed by atoms with E-state index < -0.39 is 0 Å². The molecule has 3 rings (SSSR count). The molecule has 2 atom stereocenters. The normalized spacial score (nSPS) is 21.4. The average molecular weight is 495 g/mol. The largest absolute Gasteiger partial charge is 0.465 e. The third-order valence-corrected chi connectivity index (χ3v) is 6.78. The molecule has 10 heteroatoms. The molecular formula is C24H39ClN6O3. The molecule has 1 aromatic carbocycles. The van der Waals surface area contributed by atoms with Crippen molar-refractivity contribution >= 4 is 35.8 Å². The number of likely N-dealkylation sites (tertiary alicyclic amines) is 1. The highest BCUT2D eigenvalue weighted by atomic mass is 35.5. The van der Waals surface area contributed by atoms with Crippen molar-refractivity contribution in [3.8, 4) is 0 Å². The van der Waals surface area contributed by atoms with E-state index in [4.69, 9.17) is 15.9 Å². The first-order valence-corrected chi connectivity index (χ1v) is 11.9. The SMILES string of the molecule is CCOC(=O)CN1CCC(N2CCN(c3ccc(C(=N)N)cc3)CC2)C(CCC(=O)NC)C1.Cl. The van der Waals surface area contributed by atoms with Crippen molar-refractivity contribution in [2.45, 2.75) is 32.2 Å². The highest BCUT2D eigenvalue weighted by Gasteiger charge is 2.35. The Labute approximate surface area is 208 Å². The van der Waals surface area contributed by atoms with Gasteiger partial charge in [0.15, 0.2) is 0 Å². The number of piperidine rings is 1. The Kier molecular flexibility index (Phi) is 11.1. The fraction of sp³-hybridized carbons (Fsp3) is 0.625. The Morgan fingerprint density at radius 2 is 1.82 bits per heavy atom. The molecule has 190 valence electrons. The molecule has 0 saturated carbocycles. The van der Waals surface area contributed by atoms with Crippen LogP contribution >= 0.6 is 12.4 Å². The number of nitrogens with one attached hydrogen (secondary N) is 2. The fourth-order valence-corrected chi connectivity index (χ4v) is 5.00. The molecule has 2 unspecified atom stereocenters. The highest BCUT2D eigenvalue weighted by molar-refractivity contribution is 5.95. The lowest BCUT2D eigenvalue weighted by atomic mass is 9.86. The minimum atomic E-state index is -0.176. The average Bonchev–Trinajstić information content (AvgIpc) is 2.83. The van der Waals surface area contributed by atoms with Crippen molar-refractivity contribution in [2.75, 3.05) is 64.4 Å². The summed E-state index contributed by atoms with van der Waals surface area (Å²) in [5.74, 6) is 0.316. The van der Waals surface area contributed by atoms with Crippen molar-refractivity contribution < 1.29 is 14.3 Å². The monoisotopic (exact) mass is 494 g/mol. The van der Waals surface area contributed by atoms with Crippen LogP contribution < -0.4 is 16.0 Å². The zero-order valence-electron chi connectivity index (χ0n) is 20.3. The maximum atomic E-state index is 12.0. The van der Waals surface area contributed by atoms with Crippen molar-refractivity contribution in [3.05, 3.63) is 29.8 Å². The van der Waals surface area contributed by atoms with Gasteiger partial charge in [0.2, 0.25) is 5.91 Å². The number of halogens is 1. The predicted octanol–water partition coefficient (Wildman–Crippen LogP) is 1.29. The molecule has 0 aliphatic carbocycles. The molecule has 0 radical (unpaired) electrons. The molecule has 0 aromatic heterocycles. The second kappa shape index (κ2) is 13.5. The van der Waals surface area contributed by atoms with Gasteiger partial charge in [0.25, 0.3) is 0 Å². The van der Waals surface area contributed by atoms with Crippen LogP contribution in [0, 0.1) is 11.3 Å². The Morgan fingerprint density at radius 3 is 2.41 bits per heavy atom. The number of hydrogen-bond acceptors (Lipinski definition) is 7. The topological polar surface area (TPSA) is 115 Å². The Bertz CT molecular complexity index is 813. The molecule has 34 heavy (non-hydrogen) atoms. The van der Waals surface area contributed by atoms with Crippen LogP contribution in [0.15, 0.2) is 24.3 Å². The third-order valence-electron chi connectivity index (χ3n) is 6.78. The molecule has 9 nitrogen and oxygen atoms in total. The highest BCUT2D eigenvalue weighted by Crippen LogP contribution is 2.28. The number of anilines is 1. The van der Waals surface area contributed by atoms with Gasteiger partial charge in [-0.25, -0.2) is 0 Å². The van der Waals surface area contributed by atoms with E-state index in [0.29, 0.717) is 31.5 Å². The smallest absolute Gasteiger partial charge is 0.320 e. The molecule has 2 heterocycles. The van der Waals surface area contributed by atoms with Gasteiger partial charge in [-0.2, -0.15) is 0 Å². The van der Waals surface area contributed by atoms with E-state index in [0.717, 1.165) is 63.4 Å². The molecule has 0 spiro atoms. The van der Waals surface area contributed by atoms with Crippen LogP contribution in [0.2, 0.25) is 0 Å². The number of amides is 1. The molecule has 1 aromatic rings. The maximum Gasteiger partial charge on any atom is 0.320 e. The Morgan fingerprint density at radius 1 is 1.15 bits per heavy atom. The van der Waals surface area contributed by atoms with E-state index in [1.165, 1.54) is 0 Å². The summed E-state index contributed by atoms with van der Waals surface area (Å²) in [6.07, 6.45) is 2.31. The first kappa shape index (κ1) is 27.9. The number of hydrogen-bond donors (Lipinski definition) is 3. The lowest BCUT2D eigenvalue weighted by Gasteiger charge is -2.47. The molecule has 2 aliphatic heterocycles. The molecule has 2 aliphatic rings. The number of nitrogens with two attached hydrogens (primary N) is 1. The van der Waals surface area contributed by atoms with Crippen molar-refractivity contribution in [3.63, 3.8) is 0 Å². The number of amidine groups is 1. The second-order valence-corrected chi connectivity index (χ2v) is 8.85. The summed E-state index contributed by atoms with van der Waals surface area (Å²) in [5, 5.41) is 10.3. The van der Waals surface area contributed by atoms with Crippen LogP contribution in [0.4, 0.5) is 5.69 Å². The lowest BCUT2D eigenvalue weighted by Crippen LogP contribution is -2.57. The number of carbonyl (C=O) groups is 2. The number of carbonyl (C=O) groups excluding carboxylic acids is 2. The van der Waals surface area contributed by atoms with Crippen molar-refractivity contribution in [1.29, 1.82) is 5.41 Å². The number of piperazine rings is 1. The molecular weight excluding hydrogens is 456 g/mol. The summed E-state index contributed by atoms with van der Waals surface area (Å²) in [4.78, 5) is 31.0. The van der Waals surface area contributed by atoms with E-state index in [9.17, 15) is 9.59 Å². The quantitative estimate of drug-likeness (QED) is 0.269. The molecule has 1 amide bonds. The lowest BCUT2D eigenvalue weighted by molar-refractivity contribution is -0.145. The van der Waals surface area contributed by atoms with Gasteiger partial charge in [0.1, 0.15) is 5.84 Å². The van der Waals surface area contributed by atoms with E-state index >= 15 is 0 Å². The summed E-state index contributed by atoms with van der Waals surface area (Å²) in [6, 6.07) is 8.28. The van der Waals surface area contributed by atoms with Gasteiger partial charge in [-0.3, -0.25) is 24.8 Å². The number of benzene rings is 1. The number of ether oxygens (including phenoxy) is 1. The summed E-state index contributed by atoms with van der Waals surface area (Å²) in [6.45, 7) is 8.03. The molecule has 4 N–H and O–H groups in total. The van der Waals surface area contributed by atoms with Crippen LogP contribution in [-0.4, -0.2) is 93.0 Å². The summed E-state index contributed by atoms with van der Waals surface area (Å²) >= 11 is 0. The molecule has 2 saturated heterocycles. The Hall–Kier alpha value is -2.36. The van der Waals surface area contributed by atoms with Crippen LogP contribution in [0.1, 0.15) is 31.7 Å². The minimum absolute atomic E-state index is 0. The maximum absolute atomic E-state index is 12.0. The minimum Gasteiger partial charge on any atom is -0.465 e. The van der Waals surface area contributed by atoms with E-state index in [-0.39, 0.29) is 30.1 Å². The van der Waals surface area contributed by atoms with Gasteiger partial charge < -0.3 is 20.7 Å². The number of rotatable bonds is 9. The van der Waals surface area contributed by atoms with Gasteiger partial charge in [-0.1, -0.05) is 0 Å². The standard InChI is InChI=1S/C24H38N6O3.ClH/c1-3-33-23(32)17-28-11-10-21(19(16-28)6-9-22(31)27-2)30-14-12-29(13-15-30)20-7-4-18(5-8-20)24(25)26;/h4-5,7-8,19,21H,3,6,9-17H2,1-2H3,(H3,25,26)(H,27,31);1H. The predicted molar refractivity (Wildman–Crippen MR) is 137 cm³/mol. The summed E-state index contributed by atoms with van der Waals surface area (Å²) in [5.41, 5.74) is 7.46. The third kappa shape index (κ3) is 7.58. The first-order chi connectivity index (χ1) is 15.9. The van der Waals surface area contributed by atoms with Crippen LogP contribution in [0.25, 0.3) is 0 Å². The van der Waals surface area contributed by atoms with Gasteiger partial charge in [-0.05, 0) is 49.9 Å². The zero-order chi connectivity index (χ0) is 23.8. The number of esters is 1. The van der Waals surface area contributed by atoms with E-state index in [2.05, 4.69) is 20.0 Å². The van der Waals surface area contributed by atoms with Crippen LogP contribution in [0.3, 0.4) is 0 Å². The first-order valence-electron chi connectivity index (χ1n) is 11.9. The van der Waals surface area contributed by atoms with Gasteiger partial charge >= 0.3 is 5.97 Å². The van der Waals surface area contributed by atoms with Gasteiger partial charge in [0, 0.05) is 70.0 Å². The Balaban J connectivity index is 0.00000408. The van der Waals surface area contributed by atoms with Gasteiger partial charge in [-0.15, -0.1) is 12.4 Å². The van der Waals surface area contributed by atoms with Crippen molar-refractivity contribution in [1.82, 2.24) is 15.1 Å². The molecule has 0 bridgehead atoms. The van der Waals surface area contributed by atoms with E-state index in [1.54, 1.807) is 7.05 Å².